The molecule has 1 heterocycles. The van der Waals surface area contributed by atoms with Crippen LogP contribution >= 0.6 is 0 Å². The highest BCUT2D eigenvalue weighted by Crippen LogP contribution is 2.29. The first-order valence-electron chi connectivity index (χ1n) is 6.00. The summed E-state index contributed by atoms with van der Waals surface area (Å²) in [7, 11) is 1.81. The zero-order valence-corrected chi connectivity index (χ0v) is 10.9. The van der Waals surface area contributed by atoms with Gasteiger partial charge in [0.1, 0.15) is 5.75 Å². The first-order valence-corrected chi connectivity index (χ1v) is 6.00. The third kappa shape index (κ3) is 2.59. The number of benzene rings is 1. The van der Waals surface area contributed by atoms with Crippen LogP contribution in [0.4, 0.5) is 5.95 Å². The molecule has 0 radical (unpaired) electrons. The Morgan fingerprint density at radius 2 is 2.00 bits per heavy atom. The molecule has 2 rings (SSSR count). The molecule has 1 N–H and O–H groups in total. The summed E-state index contributed by atoms with van der Waals surface area (Å²) in [6.45, 7) is 4.57. The largest absolute Gasteiger partial charge is 0.493 e. The van der Waals surface area contributed by atoms with E-state index in [0.717, 1.165) is 22.7 Å². The maximum Gasteiger partial charge on any atom is 0.223 e. The Bertz CT molecular complexity index is 540. The number of aromatic nitrogens is 2. The van der Waals surface area contributed by atoms with Gasteiger partial charge in [0.05, 0.1) is 12.3 Å². The van der Waals surface area contributed by atoms with Gasteiger partial charge in [0.2, 0.25) is 5.95 Å². The molecule has 0 unspecified atom stereocenters. The number of hydrogen-bond acceptors (Lipinski definition) is 4. The van der Waals surface area contributed by atoms with Crippen molar-refractivity contribution in [2.75, 3.05) is 19.0 Å². The van der Waals surface area contributed by atoms with Crippen molar-refractivity contribution in [3.8, 4) is 17.0 Å². The SMILES string of the molecule is CCOc1ccccc1-c1cc(C)nc(NC)n1. The molecule has 0 aliphatic carbocycles. The van der Waals surface area contributed by atoms with Gasteiger partial charge in [0.15, 0.2) is 0 Å². The fraction of sp³-hybridized carbons (Fsp3) is 0.286. The smallest absolute Gasteiger partial charge is 0.223 e. The van der Waals surface area contributed by atoms with Gasteiger partial charge in [-0.3, -0.25) is 0 Å². The van der Waals surface area contributed by atoms with Crippen molar-refractivity contribution in [1.82, 2.24) is 9.97 Å². The molecule has 0 aliphatic heterocycles. The van der Waals surface area contributed by atoms with E-state index >= 15 is 0 Å². The molecule has 1 aromatic heterocycles. The second-order valence-electron chi connectivity index (χ2n) is 3.90. The lowest BCUT2D eigenvalue weighted by atomic mass is 10.1. The molecule has 0 fully saturated rings. The average Bonchev–Trinajstić information content (AvgIpc) is 2.39. The molecular weight excluding hydrogens is 226 g/mol. The molecule has 0 atom stereocenters. The van der Waals surface area contributed by atoms with Crippen molar-refractivity contribution in [3.05, 3.63) is 36.0 Å². The van der Waals surface area contributed by atoms with Crippen molar-refractivity contribution in [2.24, 2.45) is 0 Å². The predicted octanol–water partition coefficient (Wildman–Crippen LogP) is 2.89. The number of para-hydroxylation sites is 1. The average molecular weight is 243 g/mol. The fourth-order valence-electron chi connectivity index (χ4n) is 1.78. The molecule has 4 nitrogen and oxygen atoms in total. The van der Waals surface area contributed by atoms with Crippen LogP contribution in [0.15, 0.2) is 30.3 Å². The van der Waals surface area contributed by atoms with E-state index in [2.05, 4.69) is 15.3 Å². The van der Waals surface area contributed by atoms with Crippen LogP contribution in [0.5, 0.6) is 5.75 Å². The summed E-state index contributed by atoms with van der Waals surface area (Å²) in [5.74, 6) is 1.47. The van der Waals surface area contributed by atoms with Gasteiger partial charge in [-0.15, -0.1) is 0 Å². The highest BCUT2D eigenvalue weighted by atomic mass is 16.5. The van der Waals surface area contributed by atoms with Crippen LogP contribution in [0.3, 0.4) is 0 Å². The number of rotatable bonds is 4. The summed E-state index contributed by atoms with van der Waals surface area (Å²) in [4.78, 5) is 8.75. The second-order valence-corrected chi connectivity index (χ2v) is 3.90. The topological polar surface area (TPSA) is 47.0 Å². The highest BCUT2D eigenvalue weighted by molar-refractivity contribution is 5.68. The van der Waals surface area contributed by atoms with Crippen LogP contribution in [0.25, 0.3) is 11.3 Å². The van der Waals surface area contributed by atoms with Crippen LogP contribution in [-0.2, 0) is 0 Å². The lowest BCUT2D eigenvalue weighted by molar-refractivity contribution is 0.341. The summed E-state index contributed by atoms with van der Waals surface area (Å²) < 4.78 is 5.62. The maximum atomic E-state index is 5.62. The Morgan fingerprint density at radius 3 is 2.72 bits per heavy atom. The van der Waals surface area contributed by atoms with E-state index in [4.69, 9.17) is 4.74 Å². The van der Waals surface area contributed by atoms with Gasteiger partial charge in [-0.1, -0.05) is 12.1 Å². The van der Waals surface area contributed by atoms with Gasteiger partial charge in [0.25, 0.3) is 0 Å². The third-order valence-corrected chi connectivity index (χ3v) is 2.54. The first kappa shape index (κ1) is 12.4. The molecule has 1 aromatic carbocycles. The van der Waals surface area contributed by atoms with E-state index < -0.39 is 0 Å². The van der Waals surface area contributed by atoms with Crippen LogP contribution in [0.2, 0.25) is 0 Å². The van der Waals surface area contributed by atoms with Gasteiger partial charge >= 0.3 is 0 Å². The molecular formula is C14H17N3O. The molecule has 18 heavy (non-hydrogen) atoms. The molecule has 0 aliphatic rings. The fourth-order valence-corrected chi connectivity index (χ4v) is 1.78. The van der Waals surface area contributed by atoms with Gasteiger partial charge in [-0.25, -0.2) is 9.97 Å². The summed E-state index contributed by atoms with van der Waals surface area (Å²) >= 11 is 0. The van der Waals surface area contributed by atoms with Crippen molar-refractivity contribution in [1.29, 1.82) is 0 Å². The monoisotopic (exact) mass is 243 g/mol. The Kier molecular flexibility index (Phi) is 3.77. The number of ether oxygens (including phenoxy) is 1. The normalized spacial score (nSPS) is 10.2. The summed E-state index contributed by atoms with van der Waals surface area (Å²) in [5.41, 5.74) is 2.79. The van der Waals surface area contributed by atoms with E-state index in [1.165, 1.54) is 0 Å². The second kappa shape index (κ2) is 5.49. The Labute approximate surface area is 107 Å². The van der Waals surface area contributed by atoms with Crippen molar-refractivity contribution < 1.29 is 4.74 Å². The number of hydrogen-bond donors (Lipinski definition) is 1. The van der Waals surface area contributed by atoms with Crippen molar-refractivity contribution in [3.63, 3.8) is 0 Å². The number of aryl methyl sites for hydroxylation is 1. The molecule has 0 bridgehead atoms. The van der Waals surface area contributed by atoms with Gasteiger partial charge in [-0.2, -0.15) is 0 Å². The minimum atomic E-state index is 0.622. The van der Waals surface area contributed by atoms with Crippen LogP contribution in [0, 0.1) is 6.92 Å². The molecule has 94 valence electrons. The summed E-state index contributed by atoms with van der Waals surface area (Å²) in [5, 5.41) is 2.97. The van der Waals surface area contributed by atoms with Crippen LogP contribution in [0.1, 0.15) is 12.6 Å². The number of nitrogens with one attached hydrogen (secondary N) is 1. The number of anilines is 1. The molecule has 0 saturated carbocycles. The van der Waals surface area contributed by atoms with Crippen molar-refractivity contribution in [2.45, 2.75) is 13.8 Å². The summed E-state index contributed by atoms with van der Waals surface area (Å²) in [6, 6.07) is 9.86. The Morgan fingerprint density at radius 1 is 1.22 bits per heavy atom. The van der Waals surface area contributed by atoms with Gasteiger partial charge in [-0.05, 0) is 32.0 Å². The first-order chi connectivity index (χ1) is 8.74. The minimum absolute atomic E-state index is 0.622. The van der Waals surface area contributed by atoms with Crippen LogP contribution in [-0.4, -0.2) is 23.6 Å². The van der Waals surface area contributed by atoms with Gasteiger partial charge in [0, 0.05) is 18.3 Å². The van der Waals surface area contributed by atoms with E-state index in [-0.39, 0.29) is 0 Å². The quantitative estimate of drug-likeness (QED) is 0.897. The molecule has 2 aromatic rings. The lowest BCUT2D eigenvalue weighted by Gasteiger charge is -2.10. The number of nitrogens with zero attached hydrogens (tertiary/aromatic N) is 2. The van der Waals surface area contributed by atoms with E-state index in [1.807, 2.05) is 51.2 Å². The zero-order chi connectivity index (χ0) is 13.0. The Balaban J connectivity index is 2.50. The zero-order valence-electron chi connectivity index (χ0n) is 10.9. The van der Waals surface area contributed by atoms with E-state index in [0.29, 0.717) is 12.6 Å². The molecule has 0 saturated heterocycles. The molecule has 4 heteroatoms. The maximum absolute atomic E-state index is 5.62. The van der Waals surface area contributed by atoms with Gasteiger partial charge < -0.3 is 10.1 Å². The lowest BCUT2D eigenvalue weighted by Crippen LogP contribution is -2.00. The van der Waals surface area contributed by atoms with Crippen LogP contribution < -0.4 is 10.1 Å². The van der Waals surface area contributed by atoms with E-state index in [1.54, 1.807) is 0 Å². The molecule has 0 spiro atoms. The third-order valence-electron chi connectivity index (χ3n) is 2.54. The standard InChI is InChI=1S/C14H17N3O/c1-4-18-13-8-6-5-7-11(13)12-9-10(2)16-14(15-3)17-12/h5-9H,4H2,1-3H3,(H,15,16,17). The highest BCUT2D eigenvalue weighted by Gasteiger charge is 2.08. The minimum Gasteiger partial charge on any atom is -0.493 e. The van der Waals surface area contributed by atoms with Crippen molar-refractivity contribution >= 4 is 5.95 Å². The Hall–Kier alpha value is -2.10. The summed E-state index contributed by atoms with van der Waals surface area (Å²) in [6.07, 6.45) is 0. The molecule has 0 amide bonds. The predicted molar refractivity (Wildman–Crippen MR) is 72.9 cm³/mol. The van der Waals surface area contributed by atoms with E-state index in [9.17, 15) is 0 Å².